The van der Waals surface area contributed by atoms with Crippen LogP contribution in [0.2, 0.25) is 0 Å². The van der Waals surface area contributed by atoms with Gasteiger partial charge < -0.3 is 9.47 Å². The van der Waals surface area contributed by atoms with Crippen LogP contribution >= 0.6 is 0 Å². The lowest BCUT2D eigenvalue weighted by molar-refractivity contribution is -0.138. The number of benzene rings is 2. The summed E-state index contributed by atoms with van der Waals surface area (Å²) in [5, 5.41) is 0. The first-order valence-electron chi connectivity index (χ1n) is 8.32. The van der Waals surface area contributed by atoms with Gasteiger partial charge in [-0.3, -0.25) is 4.79 Å². The monoisotopic (exact) mass is 336 g/mol. The van der Waals surface area contributed by atoms with Gasteiger partial charge in [-0.15, -0.1) is 0 Å². The molecular weight excluding hydrogens is 316 g/mol. The Morgan fingerprint density at radius 2 is 1.60 bits per heavy atom. The number of carbonyl (C=O) groups excluding carboxylic acids is 2. The highest BCUT2D eigenvalue weighted by atomic mass is 16.5. The predicted molar refractivity (Wildman–Crippen MR) is 94.2 cm³/mol. The Morgan fingerprint density at radius 3 is 2.20 bits per heavy atom. The van der Waals surface area contributed by atoms with E-state index in [4.69, 9.17) is 9.47 Å². The van der Waals surface area contributed by atoms with Crippen molar-refractivity contribution in [1.82, 2.24) is 0 Å². The Hall–Kier alpha value is -2.88. The van der Waals surface area contributed by atoms with Crippen LogP contribution in [0.25, 0.3) is 0 Å². The summed E-state index contributed by atoms with van der Waals surface area (Å²) in [6, 6.07) is 18.5. The van der Waals surface area contributed by atoms with Gasteiger partial charge >= 0.3 is 5.97 Å². The Kier molecular flexibility index (Phi) is 4.98. The summed E-state index contributed by atoms with van der Waals surface area (Å²) in [5.74, 6) is -0.611. The minimum atomic E-state index is -0.774. The zero-order valence-corrected chi connectivity index (χ0v) is 14.3. The molecule has 0 saturated heterocycles. The summed E-state index contributed by atoms with van der Waals surface area (Å²) in [6.45, 7) is 3.74. The second-order valence-electron chi connectivity index (χ2n) is 5.85. The SMILES string of the molecule is CCOC(=O)C1=C(C)O[C@@H](C(=O)c2ccccc2)[C@@H]1c1ccccc1. The molecule has 1 aliphatic heterocycles. The van der Waals surface area contributed by atoms with E-state index >= 15 is 0 Å². The minimum Gasteiger partial charge on any atom is -0.485 e. The molecule has 2 atom stereocenters. The zero-order chi connectivity index (χ0) is 17.8. The lowest BCUT2D eigenvalue weighted by Gasteiger charge is -2.20. The Labute approximate surface area is 147 Å². The Balaban J connectivity index is 2.02. The second kappa shape index (κ2) is 7.34. The first kappa shape index (κ1) is 17.0. The van der Waals surface area contributed by atoms with E-state index in [2.05, 4.69) is 0 Å². The van der Waals surface area contributed by atoms with Crippen LogP contribution in [0.5, 0.6) is 0 Å². The fourth-order valence-corrected chi connectivity index (χ4v) is 3.15. The van der Waals surface area contributed by atoms with Gasteiger partial charge in [-0.05, 0) is 19.4 Å². The molecule has 0 amide bonds. The second-order valence-corrected chi connectivity index (χ2v) is 5.85. The molecule has 0 bridgehead atoms. The number of carbonyl (C=O) groups is 2. The van der Waals surface area contributed by atoms with E-state index in [1.54, 1.807) is 26.0 Å². The molecule has 1 heterocycles. The van der Waals surface area contributed by atoms with Crippen LogP contribution in [0.1, 0.15) is 35.7 Å². The van der Waals surface area contributed by atoms with Gasteiger partial charge in [-0.1, -0.05) is 60.7 Å². The standard InChI is InChI=1S/C21H20O4/c1-3-24-21(23)17-14(2)25-20(18(17)15-10-6-4-7-11-15)19(22)16-12-8-5-9-13-16/h4-13,18,20H,3H2,1-2H3/t18-,20-/m1/s1. The van der Waals surface area contributed by atoms with E-state index in [1.807, 2.05) is 48.5 Å². The molecule has 128 valence electrons. The van der Waals surface area contributed by atoms with Crippen LogP contribution in [0.4, 0.5) is 0 Å². The van der Waals surface area contributed by atoms with Crippen LogP contribution in [-0.4, -0.2) is 24.5 Å². The van der Waals surface area contributed by atoms with Crippen molar-refractivity contribution in [2.45, 2.75) is 25.9 Å². The zero-order valence-electron chi connectivity index (χ0n) is 14.3. The van der Waals surface area contributed by atoms with Crippen LogP contribution in [0.3, 0.4) is 0 Å². The van der Waals surface area contributed by atoms with Crippen molar-refractivity contribution in [3.63, 3.8) is 0 Å². The third-order valence-electron chi connectivity index (χ3n) is 4.27. The highest BCUT2D eigenvalue weighted by Crippen LogP contribution is 2.40. The number of esters is 1. The highest BCUT2D eigenvalue weighted by Gasteiger charge is 2.44. The number of hydrogen-bond acceptors (Lipinski definition) is 4. The van der Waals surface area contributed by atoms with Crippen LogP contribution in [-0.2, 0) is 14.3 Å². The largest absolute Gasteiger partial charge is 0.485 e. The van der Waals surface area contributed by atoms with E-state index < -0.39 is 18.0 Å². The van der Waals surface area contributed by atoms with Crippen molar-refractivity contribution in [3.05, 3.63) is 83.1 Å². The molecule has 4 nitrogen and oxygen atoms in total. The molecule has 0 saturated carbocycles. The van der Waals surface area contributed by atoms with Crippen molar-refractivity contribution < 1.29 is 19.1 Å². The van der Waals surface area contributed by atoms with E-state index in [-0.39, 0.29) is 12.4 Å². The van der Waals surface area contributed by atoms with Gasteiger partial charge in [-0.25, -0.2) is 4.79 Å². The normalized spacial score (nSPS) is 19.4. The van der Waals surface area contributed by atoms with E-state index in [1.165, 1.54) is 0 Å². The maximum atomic E-state index is 13.0. The van der Waals surface area contributed by atoms with E-state index in [0.29, 0.717) is 16.9 Å². The molecule has 0 spiro atoms. The van der Waals surface area contributed by atoms with Crippen LogP contribution < -0.4 is 0 Å². The summed E-state index contributed by atoms with van der Waals surface area (Å²) < 4.78 is 11.0. The smallest absolute Gasteiger partial charge is 0.338 e. The van der Waals surface area contributed by atoms with Gasteiger partial charge in [0.1, 0.15) is 5.76 Å². The van der Waals surface area contributed by atoms with Crippen LogP contribution in [0.15, 0.2) is 72.0 Å². The molecule has 1 aliphatic rings. The summed E-state index contributed by atoms with van der Waals surface area (Å²) in [4.78, 5) is 25.5. The molecular formula is C21H20O4. The molecule has 4 heteroatoms. The van der Waals surface area contributed by atoms with Gasteiger partial charge in [0.25, 0.3) is 0 Å². The number of rotatable bonds is 5. The van der Waals surface area contributed by atoms with Gasteiger partial charge in [0, 0.05) is 5.56 Å². The summed E-state index contributed by atoms with van der Waals surface area (Å²) in [7, 11) is 0. The fourth-order valence-electron chi connectivity index (χ4n) is 3.15. The third kappa shape index (κ3) is 3.33. The number of ether oxygens (including phenoxy) is 2. The number of ketones is 1. The van der Waals surface area contributed by atoms with Crippen molar-refractivity contribution in [3.8, 4) is 0 Å². The number of Topliss-reactive ketones (excluding diaryl/α,β-unsaturated/α-hetero) is 1. The Bertz CT molecular complexity index is 793. The lowest BCUT2D eigenvalue weighted by Crippen LogP contribution is -2.29. The van der Waals surface area contributed by atoms with Gasteiger partial charge in [-0.2, -0.15) is 0 Å². The Morgan fingerprint density at radius 1 is 1.00 bits per heavy atom. The quantitative estimate of drug-likeness (QED) is 0.614. The average molecular weight is 336 g/mol. The first-order valence-corrected chi connectivity index (χ1v) is 8.32. The molecule has 3 rings (SSSR count). The van der Waals surface area contributed by atoms with Crippen molar-refractivity contribution in [2.24, 2.45) is 0 Å². The maximum Gasteiger partial charge on any atom is 0.338 e. The van der Waals surface area contributed by atoms with Gasteiger partial charge in [0.15, 0.2) is 6.10 Å². The average Bonchev–Trinajstić information content (AvgIpc) is 3.00. The summed E-state index contributed by atoms with van der Waals surface area (Å²) >= 11 is 0. The lowest BCUT2D eigenvalue weighted by atomic mass is 9.84. The van der Waals surface area contributed by atoms with Crippen molar-refractivity contribution in [1.29, 1.82) is 0 Å². The van der Waals surface area contributed by atoms with E-state index in [9.17, 15) is 9.59 Å². The van der Waals surface area contributed by atoms with E-state index in [0.717, 1.165) is 5.56 Å². The van der Waals surface area contributed by atoms with Crippen molar-refractivity contribution >= 4 is 11.8 Å². The predicted octanol–water partition coefficient (Wildman–Crippen LogP) is 3.89. The number of hydrogen-bond donors (Lipinski definition) is 0. The first-order chi connectivity index (χ1) is 12.1. The summed E-state index contributed by atoms with van der Waals surface area (Å²) in [6.07, 6.45) is -0.774. The minimum absolute atomic E-state index is 0.145. The molecule has 25 heavy (non-hydrogen) atoms. The molecule has 2 aromatic carbocycles. The molecule has 2 aromatic rings. The molecule has 0 radical (unpaired) electrons. The summed E-state index contributed by atoms with van der Waals surface area (Å²) in [5.41, 5.74) is 1.84. The molecule has 0 unspecified atom stereocenters. The van der Waals surface area contributed by atoms with Crippen molar-refractivity contribution in [2.75, 3.05) is 6.61 Å². The molecule has 0 N–H and O–H groups in total. The van der Waals surface area contributed by atoms with Gasteiger partial charge in [0.05, 0.1) is 18.1 Å². The maximum absolute atomic E-state index is 13.0. The number of allylic oxidation sites excluding steroid dienone is 1. The highest BCUT2D eigenvalue weighted by molar-refractivity contribution is 6.03. The molecule has 0 aliphatic carbocycles. The van der Waals surface area contributed by atoms with Crippen LogP contribution in [0, 0.1) is 0 Å². The van der Waals surface area contributed by atoms with Gasteiger partial charge in [0.2, 0.25) is 5.78 Å². The third-order valence-corrected chi connectivity index (χ3v) is 4.27. The topological polar surface area (TPSA) is 52.6 Å². The fraction of sp³-hybridized carbons (Fsp3) is 0.238. The molecule has 0 aromatic heterocycles. The molecule has 0 fully saturated rings.